The van der Waals surface area contributed by atoms with E-state index in [4.69, 9.17) is 9.84 Å². The van der Waals surface area contributed by atoms with Crippen LogP contribution in [-0.4, -0.2) is 28.0 Å². The number of aromatic nitrogens is 1. The standard InChI is InChI=1S/C18H20N2O4/c1-12(2)16(18(22)23)20-17(21)14-8-9-19-15(10-14)24-11-13-6-4-3-5-7-13/h3-10,12,16H,11H2,1-2H3,(H,20,21)(H,22,23)/t16-/m0/s1. The molecule has 1 heterocycles. The Hall–Kier alpha value is -2.89. The first kappa shape index (κ1) is 17.5. The maximum atomic E-state index is 12.2. The second-order valence-electron chi connectivity index (χ2n) is 5.69. The number of hydrogen-bond acceptors (Lipinski definition) is 4. The van der Waals surface area contributed by atoms with Gasteiger partial charge in [-0.1, -0.05) is 44.2 Å². The van der Waals surface area contributed by atoms with Crippen molar-refractivity contribution < 1.29 is 19.4 Å². The highest BCUT2D eigenvalue weighted by Crippen LogP contribution is 2.13. The lowest BCUT2D eigenvalue weighted by Gasteiger charge is -2.18. The zero-order valence-corrected chi connectivity index (χ0v) is 13.6. The van der Waals surface area contributed by atoms with E-state index in [0.717, 1.165) is 5.56 Å². The number of carbonyl (C=O) groups excluding carboxylic acids is 1. The van der Waals surface area contributed by atoms with Crippen LogP contribution in [-0.2, 0) is 11.4 Å². The Bertz CT molecular complexity index is 701. The molecule has 0 aliphatic rings. The largest absolute Gasteiger partial charge is 0.480 e. The summed E-state index contributed by atoms with van der Waals surface area (Å²) >= 11 is 0. The molecule has 0 saturated carbocycles. The number of carboxylic acid groups (broad SMARTS) is 1. The van der Waals surface area contributed by atoms with E-state index in [1.165, 1.54) is 18.3 Å². The predicted molar refractivity (Wildman–Crippen MR) is 88.7 cm³/mol. The van der Waals surface area contributed by atoms with Crippen molar-refractivity contribution in [2.24, 2.45) is 5.92 Å². The molecule has 1 aromatic carbocycles. The summed E-state index contributed by atoms with van der Waals surface area (Å²) in [5.74, 6) is -1.44. The molecule has 1 atom stereocenters. The van der Waals surface area contributed by atoms with Crippen LogP contribution in [0.3, 0.4) is 0 Å². The molecule has 2 N–H and O–H groups in total. The van der Waals surface area contributed by atoms with Crippen LogP contribution in [0.2, 0.25) is 0 Å². The van der Waals surface area contributed by atoms with Crippen LogP contribution < -0.4 is 10.1 Å². The smallest absolute Gasteiger partial charge is 0.326 e. The van der Waals surface area contributed by atoms with Crippen molar-refractivity contribution in [1.82, 2.24) is 10.3 Å². The van der Waals surface area contributed by atoms with Gasteiger partial charge < -0.3 is 15.2 Å². The summed E-state index contributed by atoms with van der Waals surface area (Å²) in [6.45, 7) is 3.81. The van der Waals surface area contributed by atoms with Crippen LogP contribution in [0, 0.1) is 5.92 Å². The third-order valence-corrected chi connectivity index (χ3v) is 3.45. The van der Waals surface area contributed by atoms with Gasteiger partial charge in [0.1, 0.15) is 12.6 Å². The Kier molecular flexibility index (Phi) is 5.89. The third kappa shape index (κ3) is 4.81. The summed E-state index contributed by atoms with van der Waals surface area (Å²) in [6, 6.07) is 11.7. The number of amides is 1. The highest BCUT2D eigenvalue weighted by Gasteiger charge is 2.24. The van der Waals surface area contributed by atoms with Crippen molar-refractivity contribution in [3.8, 4) is 5.88 Å². The summed E-state index contributed by atoms with van der Waals surface area (Å²) < 4.78 is 5.58. The lowest BCUT2D eigenvalue weighted by Crippen LogP contribution is -2.44. The minimum atomic E-state index is -1.06. The molecule has 2 aromatic rings. The Balaban J connectivity index is 2.03. The van der Waals surface area contributed by atoms with E-state index in [9.17, 15) is 9.59 Å². The maximum absolute atomic E-state index is 12.2. The first-order valence-corrected chi connectivity index (χ1v) is 7.64. The van der Waals surface area contributed by atoms with Crippen molar-refractivity contribution >= 4 is 11.9 Å². The fraction of sp³-hybridized carbons (Fsp3) is 0.278. The van der Waals surface area contributed by atoms with Gasteiger partial charge >= 0.3 is 5.97 Å². The molecule has 0 saturated heterocycles. The minimum Gasteiger partial charge on any atom is -0.480 e. The van der Waals surface area contributed by atoms with E-state index >= 15 is 0 Å². The normalized spacial score (nSPS) is 11.8. The van der Waals surface area contributed by atoms with Crippen molar-refractivity contribution in [2.75, 3.05) is 0 Å². The Morgan fingerprint density at radius 3 is 2.54 bits per heavy atom. The molecule has 24 heavy (non-hydrogen) atoms. The number of nitrogens with zero attached hydrogens (tertiary/aromatic N) is 1. The van der Waals surface area contributed by atoms with Gasteiger partial charge in [0.05, 0.1) is 0 Å². The van der Waals surface area contributed by atoms with Crippen LogP contribution in [0.5, 0.6) is 5.88 Å². The lowest BCUT2D eigenvalue weighted by atomic mass is 10.0. The SMILES string of the molecule is CC(C)[C@H](NC(=O)c1ccnc(OCc2ccccc2)c1)C(=O)O. The van der Waals surface area contributed by atoms with Gasteiger partial charge in [-0.15, -0.1) is 0 Å². The number of benzene rings is 1. The van der Waals surface area contributed by atoms with Gasteiger partial charge in [-0.3, -0.25) is 4.79 Å². The van der Waals surface area contributed by atoms with Crippen LogP contribution in [0.4, 0.5) is 0 Å². The van der Waals surface area contributed by atoms with Crippen molar-refractivity contribution in [2.45, 2.75) is 26.5 Å². The van der Waals surface area contributed by atoms with Gasteiger partial charge in [-0.05, 0) is 17.5 Å². The van der Waals surface area contributed by atoms with Crippen LogP contribution in [0.1, 0.15) is 29.8 Å². The highest BCUT2D eigenvalue weighted by molar-refractivity contribution is 5.96. The molecule has 0 radical (unpaired) electrons. The van der Waals surface area contributed by atoms with Gasteiger partial charge in [-0.2, -0.15) is 0 Å². The Morgan fingerprint density at radius 1 is 1.21 bits per heavy atom. The van der Waals surface area contributed by atoms with Gasteiger partial charge in [0.25, 0.3) is 5.91 Å². The fourth-order valence-corrected chi connectivity index (χ4v) is 2.10. The number of pyridine rings is 1. The summed E-state index contributed by atoms with van der Waals surface area (Å²) in [5, 5.41) is 11.7. The molecular weight excluding hydrogens is 308 g/mol. The first-order chi connectivity index (χ1) is 11.5. The molecule has 0 fully saturated rings. The van der Waals surface area contributed by atoms with Crippen LogP contribution in [0.25, 0.3) is 0 Å². The number of aliphatic carboxylic acids is 1. The molecule has 0 bridgehead atoms. The Morgan fingerprint density at radius 2 is 1.92 bits per heavy atom. The second-order valence-corrected chi connectivity index (χ2v) is 5.69. The molecule has 2 rings (SSSR count). The number of carbonyl (C=O) groups is 2. The summed E-state index contributed by atoms with van der Waals surface area (Å²) in [6.07, 6.45) is 1.46. The topological polar surface area (TPSA) is 88.5 Å². The molecule has 0 unspecified atom stereocenters. The monoisotopic (exact) mass is 328 g/mol. The van der Waals surface area contributed by atoms with E-state index in [0.29, 0.717) is 18.1 Å². The average molecular weight is 328 g/mol. The number of nitrogens with one attached hydrogen (secondary N) is 1. The van der Waals surface area contributed by atoms with Crippen molar-refractivity contribution in [3.05, 3.63) is 59.8 Å². The van der Waals surface area contributed by atoms with Crippen LogP contribution in [0.15, 0.2) is 48.7 Å². The molecule has 6 nitrogen and oxygen atoms in total. The summed E-state index contributed by atoms with van der Waals surface area (Å²) in [4.78, 5) is 27.5. The summed E-state index contributed by atoms with van der Waals surface area (Å²) in [5.41, 5.74) is 1.29. The third-order valence-electron chi connectivity index (χ3n) is 3.45. The van der Waals surface area contributed by atoms with E-state index in [-0.39, 0.29) is 5.92 Å². The van der Waals surface area contributed by atoms with Gasteiger partial charge in [0, 0.05) is 17.8 Å². The number of rotatable bonds is 7. The lowest BCUT2D eigenvalue weighted by molar-refractivity contribution is -0.140. The van der Waals surface area contributed by atoms with Gasteiger partial charge in [-0.25, -0.2) is 9.78 Å². The first-order valence-electron chi connectivity index (χ1n) is 7.64. The fourth-order valence-electron chi connectivity index (χ4n) is 2.10. The number of carboxylic acids is 1. The average Bonchev–Trinajstić information content (AvgIpc) is 2.58. The maximum Gasteiger partial charge on any atom is 0.326 e. The second kappa shape index (κ2) is 8.10. The van der Waals surface area contributed by atoms with Crippen molar-refractivity contribution in [1.29, 1.82) is 0 Å². The zero-order valence-electron chi connectivity index (χ0n) is 13.6. The van der Waals surface area contributed by atoms with E-state index in [2.05, 4.69) is 10.3 Å². The van der Waals surface area contributed by atoms with Gasteiger partial charge in [0.15, 0.2) is 0 Å². The molecule has 0 spiro atoms. The molecule has 0 aliphatic carbocycles. The Labute approximate surface area is 140 Å². The number of hydrogen-bond donors (Lipinski definition) is 2. The molecule has 1 aromatic heterocycles. The molecular formula is C18H20N2O4. The van der Waals surface area contributed by atoms with Crippen molar-refractivity contribution in [3.63, 3.8) is 0 Å². The quantitative estimate of drug-likeness (QED) is 0.815. The summed E-state index contributed by atoms with van der Waals surface area (Å²) in [7, 11) is 0. The van der Waals surface area contributed by atoms with E-state index in [1.807, 2.05) is 30.3 Å². The predicted octanol–water partition coefficient (Wildman–Crippen LogP) is 2.50. The highest BCUT2D eigenvalue weighted by atomic mass is 16.5. The molecule has 126 valence electrons. The zero-order chi connectivity index (χ0) is 17.5. The van der Waals surface area contributed by atoms with E-state index in [1.54, 1.807) is 13.8 Å². The molecule has 6 heteroatoms. The minimum absolute atomic E-state index is 0.220. The molecule has 1 amide bonds. The van der Waals surface area contributed by atoms with Gasteiger partial charge in [0.2, 0.25) is 5.88 Å². The number of ether oxygens (including phenoxy) is 1. The molecule has 0 aliphatic heterocycles. The van der Waals surface area contributed by atoms with E-state index < -0.39 is 17.9 Å². The van der Waals surface area contributed by atoms with Crippen LogP contribution >= 0.6 is 0 Å².